The minimum atomic E-state index is -0.178. The van der Waals surface area contributed by atoms with Gasteiger partial charge >= 0.3 is 0 Å². The Labute approximate surface area is 118 Å². The standard InChI is InChI=1S/C18H14N2/c1-18(2)16-7-12(10-19)3-5-14(16)9-15-6-4-13(11-20)8-17(15)18/h3-8H,9H2,1-2H3. The lowest BCUT2D eigenvalue weighted by atomic mass is 9.68. The van der Waals surface area contributed by atoms with Gasteiger partial charge in [-0.25, -0.2) is 0 Å². The van der Waals surface area contributed by atoms with Crippen molar-refractivity contribution in [3.8, 4) is 12.1 Å². The van der Waals surface area contributed by atoms with Gasteiger partial charge in [-0.3, -0.25) is 0 Å². The van der Waals surface area contributed by atoms with E-state index in [2.05, 4.69) is 38.1 Å². The van der Waals surface area contributed by atoms with Gasteiger partial charge in [0.15, 0.2) is 0 Å². The SMILES string of the molecule is CC1(C)c2cc(C#N)ccc2Cc2ccc(C#N)cc21. The molecular formula is C18H14N2. The van der Waals surface area contributed by atoms with Crippen LogP contribution in [0.15, 0.2) is 36.4 Å². The van der Waals surface area contributed by atoms with E-state index in [1.165, 1.54) is 22.3 Å². The van der Waals surface area contributed by atoms with Crippen molar-refractivity contribution in [2.24, 2.45) is 0 Å². The summed E-state index contributed by atoms with van der Waals surface area (Å²) in [6.07, 6.45) is 0.867. The van der Waals surface area contributed by atoms with Gasteiger partial charge in [0.05, 0.1) is 23.3 Å². The molecule has 96 valence electrons. The first-order valence-electron chi connectivity index (χ1n) is 6.63. The fourth-order valence-corrected chi connectivity index (χ4v) is 3.11. The molecule has 0 atom stereocenters. The molecule has 2 heteroatoms. The van der Waals surface area contributed by atoms with Gasteiger partial charge in [0.1, 0.15) is 0 Å². The molecule has 0 radical (unpaired) electrons. The molecule has 0 saturated carbocycles. The Hall–Kier alpha value is -2.58. The van der Waals surface area contributed by atoms with Crippen LogP contribution in [-0.2, 0) is 11.8 Å². The fraction of sp³-hybridized carbons (Fsp3) is 0.222. The number of rotatable bonds is 0. The van der Waals surface area contributed by atoms with Crippen molar-refractivity contribution in [1.82, 2.24) is 0 Å². The molecule has 2 nitrogen and oxygen atoms in total. The van der Waals surface area contributed by atoms with Gasteiger partial charge in [0.2, 0.25) is 0 Å². The topological polar surface area (TPSA) is 47.6 Å². The quantitative estimate of drug-likeness (QED) is 0.724. The van der Waals surface area contributed by atoms with Crippen LogP contribution in [0.4, 0.5) is 0 Å². The molecule has 1 aliphatic rings. The highest BCUT2D eigenvalue weighted by Gasteiger charge is 2.32. The van der Waals surface area contributed by atoms with Crippen LogP contribution in [0.25, 0.3) is 0 Å². The van der Waals surface area contributed by atoms with E-state index in [0.29, 0.717) is 11.1 Å². The first-order chi connectivity index (χ1) is 9.56. The van der Waals surface area contributed by atoms with Gasteiger partial charge < -0.3 is 0 Å². The van der Waals surface area contributed by atoms with Crippen molar-refractivity contribution >= 4 is 0 Å². The third-order valence-corrected chi connectivity index (χ3v) is 4.21. The second-order valence-corrected chi connectivity index (χ2v) is 5.77. The lowest BCUT2D eigenvalue weighted by Gasteiger charge is -2.35. The van der Waals surface area contributed by atoms with E-state index in [1.54, 1.807) is 0 Å². The maximum Gasteiger partial charge on any atom is 0.0991 e. The van der Waals surface area contributed by atoms with Crippen LogP contribution in [0, 0.1) is 22.7 Å². The van der Waals surface area contributed by atoms with Crippen LogP contribution in [0.5, 0.6) is 0 Å². The number of nitrogens with zero attached hydrogens (tertiary/aromatic N) is 2. The summed E-state index contributed by atoms with van der Waals surface area (Å²) in [5.41, 5.74) is 6.13. The predicted molar refractivity (Wildman–Crippen MR) is 77.2 cm³/mol. The summed E-state index contributed by atoms with van der Waals surface area (Å²) in [6, 6.07) is 16.2. The third-order valence-electron chi connectivity index (χ3n) is 4.21. The van der Waals surface area contributed by atoms with Gasteiger partial charge in [-0.15, -0.1) is 0 Å². The summed E-state index contributed by atoms with van der Waals surface area (Å²) in [7, 11) is 0. The molecule has 0 unspecified atom stereocenters. The van der Waals surface area contributed by atoms with E-state index >= 15 is 0 Å². The molecular weight excluding hydrogens is 244 g/mol. The molecule has 0 aliphatic heterocycles. The van der Waals surface area contributed by atoms with Gasteiger partial charge in [-0.1, -0.05) is 26.0 Å². The van der Waals surface area contributed by atoms with Gasteiger partial charge in [0.25, 0.3) is 0 Å². The minimum absolute atomic E-state index is 0.178. The summed E-state index contributed by atoms with van der Waals surface area (Å²) in [4.78, 5) is 0. The molecule has 0 spiro atoms. The Balaban J connectivity index is 2.25. The lowest BCUT2D eigenvalue weighted by Crippen LogP contribution is -2.27. The van der Waals surface area contributed by atoms with Crippen molar-refractivity contribution in [1.29, 1.82) is 10.5 Å². The number of hydrogen-bond acceptors (Lipinski definition) is 2. The minimum Gasteiger partial charge on any atom is -0.192 e. The summed E-state index contributed by atoms with van der Waals surface area (Å²) in [6.45, 7) is 4.32. The van der Waals surface area contributed by atoms with Crippen molar-refractivity contribution in [3.63, 3.8) is 0 Å². The average Bonchev–Trinajstić information content (AvgIpc) is 2.47. The third kappa shape index (κ3) is 1.70. The predicted octanol–water partition coefficient (Wildman–Crippen LogP) is 3.66. The molecule has 0 N–H and O–H groups in total. The van der Waals surface area contributed by atoms with Gasteiger partial charge in [-0.05, 0) is 52.9 Å². The summed E-state index contributed by atoms with van der Waals surface area (Å²) in [5, 5.41) is 18.2. The highest BCUT2D eigenvalue weighted by molar-refractivity contribution is 5.56. The van der Waals surface area contributed by atoms with E-state index in [1.807, 2.05) is 24.3 Å². The zero-order valence-electron chi connectivity index (χ0n) is 11.6. The number of hydrogen-bond donors (Lipinski definition) is 0. The summed E-state index contributed by atoms with van der Waals surface area (Å²) in [5.74, 6) is 0. The van der Waals surface area contributed by atoms with Gasteiger partial charge in [-0.2, -0.15) is 10.5 Å². The van der Waals surface area contributed by atoms with E-state index in [0.717, 1.165) is 6.42 Å². The lowest BCUT2D eigenvalue weighted by molar-refractivity contribution is 0.610. The molecule has 2 aromatic rings. The average molecular weight is 258 g/mol. The maximum atomic E-state index is 9.09. The summed E-state index contributed by atoms with van der Waals surface area (Å²) < 4.78 is 0. The molecule has 2 aromatic carbocycles. The van der Waals surface area contributed by atoms with Crippen LogP contribution < -0.4 is 0 Å². The molecule has 3 rings (SSSR count). The first-order valence-corrected chi connectivity index (χ1v) is 6.63. The van der Waals surface area contributed by atoms with Crippen molar-refractivity contribution < 1.29 is 0 Å². The largest absolute Gasteiger partial charge is 0.192 e. The van der Waals surface area contributed by atoms with Crippen LogP contribution in [0.3, 0.4) is 0 Å². The van der Waals surface area contributed by atoms with E-state index in [-0.39, 0.29) is 5.41 Å². The van der Waals surface area contributed by atoms with Crippen LogP contribution in [0.1, 0.15) is 47.2 Å². The van der Waals surface area contributed by atoms with Crippen LogP contribution in [-0.4, -0.2) is 0 Å². The molecule has 0 aromatic heterocycles. The molecule has 0 heterocycles. The van der Waals surface area contributed by atoms with E-state index in [9.17, 15) is 0 Å². The Morgan fingerprint density at radius 2 is 1.30 bits per heavy atom. The molecule has 0 bridgehead atoms. The highest BCUT2D eigenvalue weighted by Crippen LogP contribution is 2.41. The Morgan fingerprint density at radius 3 is 1.70 bits per heavy atom. The second-order valence-electron chi connectivity index (χ2n) is 5.77. The zero-order chi connectivity index (χ0) is 14.3. The Bertz CT molecular complexity index is 721. The normalized spacial score (nSPS) is 14.6. The van der Waals surface area contributed by atoms with E-state index in [4.69, 9.17) is 10.5 Å². The zero-order valence-corrected chi connectivity index (χ0v) is 11.6. The van der Waals surface area contributed by atoms with Crippen molar-refractivity contribution in [2.45, 2.75) is 25.7 Å². The highest BCUT2D eigenvalue weighted by atomic mass is 14.4. The Kier molecular flexibility index (Phi) is 2.63. The van der Waals surface area contributed by atoms with Gasteiger partial charge in [0, 0.05) is 5.41 Å². The first kappa shape index (κ1) is 12.5. The van der Waals surface area contributed by atoms with Crippen LogP contribution in [0.2, 0.25) is 0 Å². The van der Waals surface area contributed by atoms with Crippen molar-refractivity contribution in [3.05, 3.63) is 69.8 Å². The summed E-state index contributed by atoms with van der Waals surface area (Å²) >= 11 is 0. The monoisotopic (exact) mass is 258 g/mol. The molecule has 0 saturated heterocycles. The number of benzene rings is 2. The fourth-order valence-electron chi connectivity index (χ4n) is 3.11. The van der Waals surface area contributed by atoms with E-state index < -0.39 is 0 Å². The molecule has 1 aliphatic carbocycles. The maximum absolute atomic E-state index is 9.09. The Morgan fingerprint density at radius 1 is 0.850 bits per heavy atom. The molecule has 20 heavy (non-hydrogen) atoms. The molecule has 0 fully saturated rings. The second kappa shape index (κ2) is 4.22. The van der Waals surface area contributed by atoms with Crippen molar-refractivity contribution in [2.75, 3.05) is 0 Å². The number of nitriles is 2. The smallest absolute Gasteiger partial charge is 0.0991 e. The molecule has 0 amide bonds. The number of fused-ring (bicyclic) bond motifs is 2. The van der Waals surface area contributed by atoms with Crippen LogP contribution >= 0.6 is 0 Å².